The second kappa shape index (κ2) is 9.28. The van der Waals surface area contributed by atoms with Gasteiger partial charge in [0.15, 0.2) is 0 Å². The Kier molecular flexibility index (Phi) is 6.03. The van der Waals surface area contributed by atoms with E-state index in [4.69, 9.17) is 0 Å². The van der Waals surface area contributed by atoms with Gasteiger partial charge in [0.2, 0.25) is 0 Å². The number of nitrogens with one attached hydrogen (secondary N) is 1. The molecule has 1 atom stereocenters. The highest BCUT2D eigenvalue weighted by Crippen LogP contribution is 2.44. The molecule has 1 N–H and O–H groups in total. The van der Waals surface area contributed by atoms with Crippen LogP contribution in [0.1, 0.15) is 38.9 Å². The third-order valence-corrected chi connectivity index (χ3v) is 8.43. The van der Waals surface area contributed by atoms with Crippen LogP contribution >= 0.6 is 11.3 Å². The molecule has 6 rings (SSSR count). The van der Waals surface area contributed by atoms with Crippen molar-refractivity contribution in [3.05, 3.63) is 106 Å². The Bertz CT molecular complexity index is 1510. The Morgan fingerprint density at radius 2 is 1.76 bits per heavy atom. The minimum absolute atomic E-state index is 0.203. The van der Waals surface area contributed by atoms with Crippen molar-refractivity contribution in [3.8, 4) is 5.00 Å². The van der Waals surface area contributed by atoms with Gasteiger partial charge in [-0.2, -0.15) is 13.2 Å². The summed E-state index contributed by atoms with van der Waals surface area (Å²) < 4.78 is 57.0. The summed E-state index contributed by atoms with van der Waals surface area (Å²) in [6, 6.07) is 13.3. The number of likely N-dealkylation sites (N-methyl/N-ethyl adjacent to an activating group) is 1. The van der Waals surface area contributed by atoms with E-state index in [1.165, 1.54) is 40.8 Å². The zero-order valence-corrected chi connectivity index (χ0v) is 21.2. The molecule has 2 amide bonds. The van der Waals surface area contributed by atoms with Gasteiger partial charge in [-0.25, -0.2) is 9.18 Å². The number of urea groups is 1. The summed E-state index contributed by atoms with van der Waals surface area (Å²) in [5, 5.41) is 3.54. The number of aromatic nitrogens is 1. The predicted octanol–water partition coefficient (Wildman–Crippen LogP) is 6.82. The van der Waals surface area contributed by atoms with Gasteiger partial charge in [-0.05, 0) is 61.0 Å². The lowest BCUT2D eigenvalue weighted by Crippen LogP contribution is -2.38. The molecule has 2 aromatic carbocycles. The van der Waals surface area contributed by atoms with Crippen molar-refractivity contribution in [1.29, 1.82) is 0 Å². The number of amides is 2. The van der Waals surface area contributed by atoms with Gasteiger partial charge in [-0.15, -0.1) is 11.3 Å². The quantitative estimate of drug-likeness (QED) is 0.284. The van der Waals surface area contributed by atoms with Crippen LogP contribution in [0, 0.1) is 5.82 Å². The first-order valence-corrected chi connectivity index (χ1v) is 13.0. The maximum atomic E-state index is 13.9. The molecule has 5 nitrogen and oxygen atoms in total. The van der Waals surface area contributed by atoms with Crippen LogP contribution in [0.4, 0.5) is 28.0 Å². The highest BCUT2D eigenvalue weighted by Gasteiger charge is 2.38. The lowest BCUT2D eigenvalue weighted by atomic mass is 10.00. The zero-order chi connectivity index (χ0) is 26.6. The molecule has 2 aliphatic rings. The number of carbonyl (C=O) groups is 1. The number of anilines is 1. The Morgan fingerprint density at radius 3 is 2.53 bits per heavy atom. The van der Waals surface area contributed by atoms with Gasteiger partial charge < -0.3 is 19.7 Å². The Labute approximate surface area is 220 Å². The number of hydrogen-bond donors (Lipinski definition) is 1. The van der Waals surface area contributed by atoms with Crippen LogP contribution in [0.3, 0.4) is 0 Å². The van der Waals surface area contributed by atoms with E-state index < -0.39 is 29.6 Å². The minimum atomic E-state index is -4.63. The molecule has 196 valence electrons. The SMILES string of the molecule is CN1CCc2c(sc3c2CN(C(=O)Nc2ccccc2C(F)(F)F)C(c2ccc(F)cc2)c2cccn2-3)C1. The number of para-hydroxylation sites is 1. The number of alkyl halides is 3. The lowest BCUT2D eigenvalue weighted by molar-refractivity contribution is -0.136. The number of thiophene rings is 1. The van der Waals surface area contributed by atoms with Gasteiger partial charge >= 0.3 is 12.2 Å². The van der Waals surface area contributed by atoms with Gasteiger partial charge in [-0.3, -0.25) is 0 Å². The van der Waals surface area contributed by atoms with Gasteiger partial charge in [0, 0.05) is 29.7 Å². The minimum Gasteiger partial charge on any atom is -0.310 e. The van der Waals surface area contributed by atoms with Crippen LogP contribution in [0.2, 0.25) is 0 Å². The fraction of sp³-hybridized carbons (Fsp3) is 0.250. The molecule has 0 spiro atoms. The summed E-state index contributed by atoms with van der Waals surface area (Å²) >= 11 is 1.68. The number of halogens is 4. The van der Waals surface area contributed by atoms with Crippen molar-refractivity contribution in [2.24, 2.45) is 0 Å². The molecule has 38 heavy (non-hydrogen) atoms. The van der Waals surface area contributed by atoms with Gasteiger partial charge in [0.25, 0.3) is 0 Å². The van der Waals surface area contributed by atoms with Gasteiger partial charge in [-0.1, -0.05) is 24.3 Å². The van der Waals surface area contributed by atoms with E-state index >= 15 is 0 Å². The van der Waals surface area contributed by atoms with Crippen molar-refractivity contribution in [1.82, 2.24) is 14.4 Å². The molecule has 1 unspecified atom stereocenters. The molecule has 2 aliphatic heterocycles. The standard InChI is InChI=1S/C28H24F4N4OS/c1-34-14-12-19-20-15-36(27(37)33-22-6-3-2-5-21(22)28(30,31)32)25(17-8-10-18(29)11-9-17)23-7-4-13-35(23)26(20)38-24(19)16-34/h2-11,13,25H,12,14-16H2,1H3,(H,33,37). The fourth-order valence-electron chi connectivity index (χ4n) is 5.37. The summed E-state index contributed by atoms with van der Waals surface area (Å²) in [6.45, 7) is 1.88. The van der Waals surface area contributed by atoms with Crippen LogP contribution < -0.4 is 5.32 Å². The fourth-order valence-corrected chi connectivity index (χ4v) is 6.82. The van der Waals surface area contributed by atoms with E-state index in [9.17, 15) is 22.4 Å². The third-order valence-electron chi connectivity index (χ3n) is 7.18. The molecule has 0 saturated heterocycles. The maximum Gasteiger partial charge on any atom is 0.418 e. The van der Waals surface area contributed by atoms with Crippen molar-refractivity contribution >= 4 is 23.1 Å². The Balaban J connectivity index is 1.49. The van der Waals surface area contributed by atoms with Gasteiger partial charge in [0.1, 0.15) is 10.8 Å². The molecular formula is C28H24F4N4OS. The summed E-state index contributed by atoms with van der Waals surface area (Å²) in [7, 11) is 2.07. The number of nitrogens with zero attached hydrogens (tertiary/aromatic N) is 3. The smallest absolute Gasteiger partial charge is 0.310 e. The molecule has 4 heterocycles. The highest BCUT2D eigenvalue weighted by atomic mass is 32.1. The normalized spacial score (nSPS) is 17.4. The third kappa shape index (κ3) is 4.27. The predicted molar refractivity (Wildman–Crippen MR) is 138 cm³/mol. The summed E-state index contributed by atoms with van der Waals surface area (Å²) in [6.07, 6.45) is -1.86. The molecule has 0 aliphatic carbocycles. The molecule has 0 radical (unpaired) electrons. The van der Waals surface area contributed by atoms with Crippen molar-refractivity contribution < 1.29 is 22.4 Å². The van der Waals surface area contributed by atoms with Crippen molar-refractivity contribution in [2.45, 2.75) is 31.7 Å². The first kappa shape index (κ1) is 24.7. The number of hydrogen-bond acceptors (Lipinski definition) is 3. The van der Waals surface area contributed by atoms with E-state index in [0.717, 1.165) is 41.8 Å². The summed E-state index contributed by atoms with van der Waals surface area (Å²) in [5.41, 5.74) is 2.41. The Hall–Kier alpha value is -3.63. The average molecular weight is 541 g/mol. The van der Waals surface area contributed by atoms with Gasteiger partial charge in [0.05, 0.1) is 29.5 Å². The molecule has 4 aromatic rings. The van der Waals surface area contributed by atoms with E-state index in [1.54, 1.807) is 28.4 Å². The van der Waals surface area contributed by atoms with Crippen LogP contribution in [0.15, 0.2) is 66.9 Å². The molecule has 0 bridgehead atoms. The summed E-state index contributed by atoms with van der Waals surface area (Å²) in [4.78, 5) is 18.9. The second-order valence-corrected chi connectivity index (χ2v) is 10.7. The monoisotopic (exact) mass is 540 g/mol. The average Bonchev–Trinajstić information content (AvgIpc) is 3.46. The van der Waals surface area contributed by atoms with Crippen LogP contribution in [-0.4, -0.2) is 34.0 Å². The number of benzene rings is 2. The first-order chi connectivity index (χ1) is 18.2. The van der Waals surface area contributed by atoms with E-state index in [2.05, 4.69) is 21.8 Å². The maximum absolute atomic E-state index is 13.9. The zero-order valence-electron chi connectivity index (χ0n) is 20.4. The van der Waals surface area contributed by atoms with Crippen LogP contribution in [0.5, 0.6) is 0 Å². The number of fused-ring (bicyclic) bond motifs is 5. The number of rotatable bonds is 2. The van der Waals surface area contributed by atoms with E-state index in [0.29, 0.717) is 5.56 Å². The molecule has 10 heteroatoms. The highest BCUT2D eigenvalue weighted by molar-refractivity contribution is 7.15. The second-order valence-electron chi connectivity index (χ2n) is 9.63. The molecule has 0 fully saturated rings. The van der Waals surface area contributed by atoms with E-state index in [1.807, 2.05) is 18.3 Å². The van der Waals surface area contributed by atoms with Crippen molar-refractivity contribution in [3.63, 3.8) is 0 Å². The Morgan fingerprint density at radius 1 is 1.00 bits per heavy atom. The lowest BCUT2D eigenvalue weighted by Gasteiger charge is -2.32. The largest absolute Gasteiger partial charge is 0.418 e. The van der Waals surface area contributed by atoms with Crippen molar-refractivity contribution in [2.75, 3.05) is 18.9 Å². The van der Waals surface area contributed by atoms with Crippen LogP contribution in [-0.2, 0) is 25.7 Å². The topological polar surface area (TPSA) is 40.5 Å². The van der Waals surface area contributed by atoms with E-state index in [-0.39, 0.29) is 12.2 Å². The molecule has 0 saturated carbocycles. The van der Waals surface area contributed by atoms with Crippen LogP contribution in [0.25, 0.3) is 5.00 Å². The summed E-state index contributed by atoms with van der Waals surface area (Å²) in [5.74, 6) is -0.412. The first-order valence-electron chi connectivity index (χ1n) is 12.2. The molecular weight excluding hydrogens is 516 g/mol. The molecule has 2 aromatic heterocycles. The number of carbonyl (C=O) groups excluding carboxylic acids is 1.